The molecule has 1 atom stereocenters. The average Bonchev–Trinajstić information content (AvgIpc) is 2.96. The minimum absolute atomic E-state index is 0.0331. The molecule has 1 aliphatic carbocycles. The lowest BCUT2D eigenvalue weighted by Crippen LogP contribution is -2.28. The first-order valence-corrected chi connectivity index (χ1v) is 7.45. The molecule has 21 heavy (non-hydrogen) atoms. The van der Waals surface area contributed by atoms with Crippen LogP contribution in [0.3, 0.4) is 0 Å². The Kier molecular flexibility index (Phi) is 3.02. The van der Waals surface area contributed by atoms with Gasteiger partial charge in [0.05, 0.1) is 6.26 Å². The van der Waals surface area contributed by atoms with Crippen molar-refractivity contribution < 1.29 is 13.7 Å². The van der Waals surface area contributed by atoms with Crippen LogP contribution in [0.25, 0.3) is 0 Å². The third-order valence-corrected chi connectivity index (χ3v) is 4.19. The van der Waals surface area contributed by atoms with Crippen LogP contribution in [0.4, 0.5) is 0 Å². The summed E-state index contributed by atoms with van der Waals surface area (Å²) < 4.78 is 10.4. The molecular formula is C15H17N3O3. The average molecular weight is 287 g/mol. The molecule has 1 unspecified atom stereocenters. The van der Waals surface area contributed by atoms with E-state index in [2.05, 4.69) is 10.1 Å². The highest BCUT2D eigenvalue weighted by Crippen LogP contribution is 2.39. The van der Waals surface area contributed by atoms with Crippen LogP contribution >= 0.6 is 0 Å². The Balaban J connectivity index is 1.36. The summed E-state index contributed by atoms with van der Waals surface area (Å²) >= 11 is 0. The van der Waals surface area contributed by atoms with Crippen molar-refractivity contribution in [3.05, 3.63) is 35.9 Å². The first kappa shape index (κ1) is 12.6. The van der Waals surface area contributed by atoms with Gasteiger partial charge in [0.25, 0.3) is 5.91 Å². The van der Waals surface area contributed by atoms with Crippen LogP contribution in [0, 0.1) is 5.92 Å². The summed E-state index contributed by atoms with van der Waals surface area (Å²) in [4.78, 5) is 18.5. The lowest BCUT2D eigenvalue weighted by Gasteiger charge is -2.14. The fourth-order valence-electron chi connectivity index (χ4n) is 2.84. The maximum absolute atomic E-state index is 12.2. The van der Waals surface area contributed by atoms with Gasteiger partial charge in [-0.25, -0.2) is 0 Å². The van der Waals surface area contributed by atoms with Crippen LogP contribution in [0.5, 0.6) is 0 Å². The number of carbonyl (C=O) groups is 1. The van der Waals surface area contributed by atoms with E-state index in [-0.39, 0.29) is 5.91 Å². The van der Waals surface area contributed by atoms with E-state index in [4.69, 9.17) is 8.94 Å². The van der Waals surface area contributed by atoms with Crippen molar-refractivity contribution in [3.63, 3.8) is 0 Å². The minimum Gasteiger partial charge on any atom is -0.459 e. The summed E-state index contributed by atoms with van der Waals surface area (Å²) in [5.74, 6) is 2.82. The van der Waals surface area contributed by atoms with E-state index in [1.807, 2.05) is 4.90 Å². The third-order valence-electron chi connectivity index (χ3n) is 4.19. The van der Waals surface area contributed by atoms with Crippen molar-refractivity contribution >= 4 is 5.91 Å². The van der Waals surface area contributed by atoms with E-state index in [9.17, 15) is 4.79 Å². The van der Waals surface area contributed by atoms with Gasteiger partial charge in [0, 0.05) is 25.4 Å². The highest BCUT2D eigenvalue weighted by Gasteiger charge is 2.32. The molecule has 0 spiro atoms. The van der Waals surface area contributed by atoms with Crippen LogP contribution in [-0.4, -0.2) is 34.0 Å². The Labute approximate surface area is 122 Å². The van der Waals surface area contributed by atoms with E-state index < -0.39 is 0 Å². The summed E-state index contributed by atoms with van der Waals surface area (Å²) in [7, 11) is 0. The maximum atomic E-state index is 12.2. The molecule has 1 amide bonds. The first-order valence-electron chi connectivity index (χ1n) is 7.45. The van der Waals surface area contributed by atoms with E-state index in [1.165, 1.54) is 6.26 Å². The van der Waals surface area contributed by atoms with Crippen LogP contribution < -0.4 is 0 Å². The molecule has 0 aromatic carbocycles. The Morgan fingerprint density at radius 1 is 1.38 bits per heavy atom. The van der Waals surface area contributed by atoms with Crippen LogP contribution in [0.2, 0.25) is 0 Å². The number of nitrogens with zero attached hydrogens (tertiary/aromatic N) is 3. The number of hydrogen-bond acceptors (Lipinski definition) is 5. The normalized spacial score (nSPS) is 21.9. The van der Waals surface area contributed by atoms with E-state index in [1.54, 1.807) is 12.1 Å². The Bertz CT molecular complexity index is 630. The molecule has 0 radical (unpaired) electrons. The van der Waals surface area contributed by atoms with Gasteiger partial charge in [-0.15, -0.1) is 0 Å². The summed E-state index contributed by atoms with van der Waals surface area (Å²) in [6.07, 6.45) is 5.60. The molecule has 6 heteroatoms. The highest BCUT2D eigenvalue weighted by atomic mass is 16.5. The molecule has 0 N–H and O–H groups in total. The standard InChI is InChI=1S/C15H17N3O3/c19-15(12-2-1-7-20-12)18-6-5-10(9-18)8-13-16-14(21-17-13)11-3-4-11/h1-2,7,10-11H,3-6,8-9H2. The fourth-order valence-corrected chi connectivity index (χ4v) is 2.84. The van der Waals surface area contributed by atoms with E-state index in [0.29, 0.717) is 17.6 Å². The zero-order valence-corrected chi connectivity index (χ0v) is 11.7. The Morgan fingerprint density at radius 3 is 3.05 bits per heavy atom. The van der Waals surface area contributed by atoms with Crippen molar-refractivity contribution in [2.24, 2.45) is 5.92 Å². The molecule has 6 nitrogen and oxygen atoms in total. The smallest absolute Gasteiger partial charge is 0.289 e. The molecule has 2 fully saturated rings. The number of aromatic nitrogens is 2. The lowest BCUT2D eigenvalue weighted by molar-refractivity contribution is 0.0755. The summed E-state index contributed by atoms with van der Waals surface area (Å²) in [6, 6.07) is 3.44. The van der Waals surface area contributed by atoms with E-state index in [0.717, 1.165) is 50.5 Å². The van der Waals surface area contributed by atoms with Gasteiger partial charge in [-0.1, -0.05) is 5.16 Å². The van der Waals surface area contributed by atoms with E-state index >= 15 is 0 Å². The second-order valence-corrected chi connectivity index (χ2v) is 5.91. The van der Waals surface area contributed by atoms with Crippen LogP contribution in [0.1, 0.15) is 47.5 Å². The van der Waals surface area contributed by atoms with Crippen molar-refractivity contribution in [1.29, 1.82) is 0 Å². The van der Waals surface area contributed by atoms with Gasteiger partial charge in [0.2, 0.25) is 5.89 Å². The molecule has 1 aliphatic heterocycles. The van der Waals surface area contributed by atoms with Gasteiger partial charge >= 0.3 is 0 Å². The predicted molar refractivity (Wildman–Crippen MR) is 72.7 cm³/mol. The molecule has 1 saturated heterocycles. The molecular weight excluding hydrogens is 270 g/mol. The molecule has 0 bridgehead atoms. The third kappa shape index (κ3) is 2.57. The highest BCUT2D eigenvalue weighted by molar-refractivity contribution is 5.91. The summed E-state index contributed by atoms with van der Waals surface area (Å²) in [6.45, 7) is 1.49. The lowest BCUT2D eigenvalue weighted by atomic mass is 10.1. The van der Waals surface area contributed by atoms with Gasteiger partial charge in [0.15, 0.2) is 11.6 Å². The van der Waals surface area contributed by atoms with Gasteiger partial charge < -0.3 is 13.8 Å². The number of amides is 1. The minimum atomic E-state index is -0.0331. The van der Waals surface area contributed by atoms with Gasteiger partial charge in [-0.3, -0.25) is 4.79 Å². The van der Waals surface area contributed by atoms with Crippen molar-refractivity contribution in [1.82, 2.24) is 15.0 Å². The zero-order chi connectivity index (χ0) is 14.2. The first-order chi connectivity index (χ1) is 10.3. The van der Waals surface area contributed by atoms with Crippen molar-refractivity contribution in [2.45, 2.75) is 31.6 Å². The monoisotopic (exact) mass is 287 g/mol. The van der Waals surface area contributed by atoms with Crippen molar-refractivity contribution in [2.75, 3.05) is 13.1 Å². The largest absolute Gasteiger partial charge is 0.459 e. The van der Waals surface area contributed by atoms with Gasteiger partial charge in [-0.2, -0.15) is 4.98 Å². The molecule has 110 valence electrons. The molecule has 4 rings (SSSR count). The Hall–Kier alpha value is -2.11. The molecule has 3 heterocycles. The quantitative estimate of drug-likeness (QED) is 0.862. The second-order valence-electron chi connectivity index (χ2n) is 5.91. The number of furan rings is 1. The summed E-state index contributed by atoms with van der Waals surface area (Å²) in [5, 5.41) is 4.05. The SMILES string of the molecule is O=C(c1ccco1)N1CCC(Cc2noc(C3CC3)n2)C1. The predicted octanol–water partition coefficient (Wildman–Crippen LogP) is 2.24. The second kappa shape index (κ2) is 5.02. The maximum Gasteiger partial charge on any atom is 0.289 e. The number of hydrogen-bond donors (Lipinski definition) is 0. The number of rotatable bonds is 4. The molecule has 2 aromatic heterocycles. The topological polar surface area (TPSA) is 72.4 Å². The van der Waals surface area contributed by atoms with Crippen LogP contribution in [-0.2, 0) is 6.42 Å². The van der Waals surface area contributed by atoms with Crippen molar-refractivity contribution in [3.8, 4) is 0 Å². The molecule has 2 aromatic rings. The number of carbonyl (C=O) groups excluding carboxylic acids is 1. The Morgan fingerprint density at radius 2 is 2.29 bits per heavy atom. The van der Waals surface area contributed by atoms with Crippen LogP contribution in [0.15, 0.2) is 27.3 Å². The summed E-state index contributed by atoms with van der Waals surface area (Å²) in [5.41, 5.74) is 0. The zero-order valence-electron chi connectivity index (χ0n) is 11.7. The fraction of sp³-hybridized carbons (Fsp3) is 0.533. The van der Waals surface area contributed by atoms with Gasteiger partial charge in [-0.05, 0) is 37.3 Å². The number of likely N-dealkylation sites (tertiary alicyclic amines) is 1. The molecule has 1 saturated carbocycles. The molecule has 2 aliphatic rings. The van der Waals surface area contributed by atoms with Gasteiger partial charge in [0.1, 0.15) is 0 Å².